The van der Waals surface area contributed by atoms with Crippen LogP contribution in [0.4, 0.5) is 0 Å². The summed E-state index contributed by atoms with van der Waals surface area (Å²) >= 11 is 4.90. The summed E-state index contributed by atoms with van der Waals surface area (Å²) in [6.07, 6.45) is 2.10. The fourth-order valence-corrected chi connectivity index (χ4v) is 2.10. The molecule has 0 amide bonds. The lowest BCUT2D eigenvalue weighted by molar-refractivity contribution is 0.207. The molecule has 1 saturated heterocycles. The van der Waals surface area contributed by atoms with Gasteiger partial charge in [0.1, 0.15) is 0 Å². The number of thiocarbonyl (C=S) groups is 1. The van der Waals surface area contributed by atoms with E-state index in [-0.39, 0.29) is 0 Å². The van der Waals surface area contributed by atoms with Crippen LogP contribution in [0.3, 0.4) is 0 Å². The van der Waals surface area contributed by atoms with Crippen molar-refractivity contribution in [3.63, 3.8) is 0 Å². The van der Waals surface area contributed by atoms with Gasteiger partial charge in [-0.15, -0.1) is 0 Å². The highest BCUT2D eigenvalue weighted by molar-refractivity contribution is 7.80. The Kier molecular flexibility index (Phi) is 4.78. The van der Waals surface area contributed by atoms with Crippen LogP contribution < -0.4 is 5.73 Å². The van der Waals surface area contributed by atoms with Gasteiger partial charge >= 0.3 is 0 Å². The summed E-state index contributed by atoms with van der Waals surface area (Å²) in [6, 6.07) is 0.622. The van der Waals surface area contributed by atoms with Gasteiger partial charge in [-0.25, -0.2) is 0 Å². The predicted molar refractivity (Wildman–Crippen MR) is 64.6 cm³/mol. The summed E-state index contributed by atoms with van der Waals surface area (Å²) in [4.78, 5) is 5.52. The number of nitrogens with two attached hydrogens (primary N) is 1. The lowest BCUT2D eigenvalue weighted by Crippen LogP contribution is -2.39. The third-order valence-electron chi connectivity index (χ3n) is 2.83. The minimum absolute atomic E-state index is 0.622. The monoisotopic (exact) mass is 215 g/mol. The third kappa shape index (κ3) is 3.90. The predicted octanol–water partition coefficient (Wildman–Crippen LogP) is 0.689. The molecule has 0 bridgehead atoms. The van der Waals surface area contributed by atoms with Crippen LogP contribution in [-0.4, -0.2) is 54.1 Å². The average molecular weight is 215 g/mol. The SMILES string of the molecule is CC1CN(C)CCCN1CCC(N)=S. The summed E-state index contributed by atoms with van der Waals surface area (Å²) in [5, 5.41) is 0. The summed E-state index contributed by atoms with van der Waals surface area (Å²) < 4.78 is 0. The summed E-state index contributed by atoms with van der Waals surface area (Å²) in [6.45, 7) is 6.82. The Morgan fingerprint density at radius 1 is 1.50 bits per heavy atom. The van der Waals surface area contributed by atoms with Gasteiger partial charge in [0.05, 0.1) is 4.99 Å². The molecule has 1 heterocycles. The molecule has 3 nitrogen and oxygen atoms in total. The van der Waals surface area contributed by atoms with Crippen molar-refractivity contribution in [2.45, 2.75) is 25.8 Å². The molecule has 4 heteroatoms. The van der Waals surface area contributed by atoms with Crippen molar-refractivity contribution in [2.75, 3.05) is 33.2 Å². The van der Waals surface area contributed by atoms with E-state index in [1.807, 2.05) is 0 Å². The Balaban J connectivity index is 2.38. The second-order valence-electron chi connectivity index (χ2n) is 4.22. The van der Waals surface area contributed by atoms with Crippen LogP contribution in [0.5, 0.6) is 0 Å². The lowest BCUT2D eigenvalue weighted by atomic mass is 10.2. The number of nitrogens with zero attached hydrogens (tertiary/aromatic N) is 2. The smallest absolute Gasteiger partial charge is 0.0740 e. The molecule has 1 atom stereocenters. The Bertz CT molecular complexity index is 196. The van der Waals surface area contributed by atoms with Gasteiger partial charge in [0.2, 0.25) is 0 Å². The highest BCUT2D eigenvalue weighted by atomic mass is 32.1. The molecule has 0 aromatic heterocycles. The van der Waals surface area contributed by atoms with Gasteiger partial charge in [-0.05, 0) is 33.5 Å². The van der Waals surface area contributed by atoms with Gasteiger partial charge in [-0.2, -0.15) is 0 Å². The van der Waals surface area contributed by atoms with E-state index in [1.165, 1.54) is 19.5 Å². The normalized spacial score (nSPS) is 26.0. The molecule has 2 N–H and O–H groups in total. The summed E-state index contributed by atoms with van der Waals surface area (Å²) in [5.74, 6) is 0. The first-order valence-electron chi connectivity index (χ1n) is 5.30. The molecule has 0 aromatic rings. The third-order valence-corrected chi connectivity index (χ3v) is 3.03. The number of rotatable bonds is 3. The molecule has 14 heavy (non-hydrogen) atoms. The minimum Gasteiger partial charge on any atom is -0.393 e. The Morgan fingerprint density at radius 2 is 2.21 bits per heavy atom. The molecule has 0 radical (unpaired) electrons. The van der Waals surface area contributed by atoms with Gasteiger partial charge in [-0.3, -0.25) is 4.90 Å². The van der Waals surface area contributed by atoms with Crippen molar-refractivity contribution in [1.82, 2.24) is 9.80 Å². The zero-order chi connectivity index (χ0) is 10.6. The maximum absolute atomic E-state index is 5.52. The largest absolute Gasteiger partial charge is 0.393 e. The molecule has 1 aliphatic heterocycles. The van der Waals surface area contributed by atoms with Crippen LogP contribution in [0, 0.1) is 0 Å². The van der Waals surface area contributed by atoms with E-state index in [0.717, 1.165) is 19.5 Å². The topological polar surface area (TPSA) is 32.5 Å². The van der Waals surface area contributed by atoms with E-state index in [2.05, 4.69) is 23.8 Å². The number of likely N-dealkylation sites (N-methyl/N-ethyl adjacent to an activating group) is 1. The van der Waals surface area contributed by atoms with Gasteiger partial charge in [-0.1, -0.05) is 12.2 Å². The summed E-state index contributed by atoms with van der Waals surface area (Å²) in [5.41, 5.74) is 5.52. The van der Waals surface area contributed by atoms with Crippen molar-refractivity contribution >= 4 is 17.2 Å². The van der Waals surface area contributed by atoms with Crippen molar-refractivity contribution < 1.29 is 0 Å². The molecule has 1 fully saturated rings. The second-order valence-corrected chi connectivity index (χ2v) is 4.74. The first kappa shape index (κ1) is 11.9. The van der Waals surface area contributed by atoms with Crippen molar-refractivity contribution in [2.24, 2.45) is 5.73 Å². The molecule has 82 valence electrons. The highest BCUT2D eigenvalue weighted by Gasteiger charge is 2.18. The number of hydrogen-bond donors (Lipinski definition) is 1. The summed E-state index contributed by atoms with van der Waals surface area (Å²) in [7, 11) is 2.19. The Hall–Kier alpha value is -0.190. The van der Waals surface area contributed by atoms with Crippen molar-refractivity contribution in [1.29, 1.82) is 0 Å². The Morgan fingerprint density at radius 3 is 2.86 bits per heavy atom. The van der Waals surface area contributed by atoms with E-state index < -0.39 is 0 Å². The zero-order valence-corrected chi connectivity index (χ0v) is 10.0. The maximum atomic E-state index is 5.52. The fraction of sp³-hybridized carbons (Fsp3) is 0.900. The quantitative estimate of drug-likeness (QED) is 0.702. The minimum atomic E-state index is 0.622. The molecule has 1 unspecified atom stereocenters. The molecular formula is C10H21N3S. The average Bonchev–Trinajstić information content (AvgIpc) is 2.23. The standard InChI is InChI=1S/C10H21N3S/c1-9-8-12(2)5-3-6-13(9)7-4-10(11)14/h9H,3-8H2,1-2H3,(H2,11,14). The van der Waals surface area contributed by atoms with Gasteiger partial charge in [0.15, 0.2) is 0 Å². The van der Waals surface area contributed by atoms with Crippen LogP contribution in [0.15, 0.2) is 0 Å². The van der Waals surface area contributed by atoms with Crippen LogP contribution >= 0.6 is 12.2 Å². The second kappa shape index (κ2) is 5.63. The highest BCUT2D eigenvalue weighted by Crippen LogP contribution is 2.08. The molecule has 1 aliphatic rings. The van der Waals surface area contributed by atoms with Crippen molar-refractivity contribution in [3.05, 3.63) is 0 Å². The Labute approximate surface area is 92.2 Å². The van der Waals surface area contributed by atoms with E-state index in [9.17, 15) is 0 Å². The molecular weight excluding hydrogens is 194 g/mol. The van der Waals surface area contributed by atoms with Gasteiger partial charge in [0, 0.05) is 25.6 Å². The number of hydrogen-bond acceptors (Lipinski definition) is 3. The first-order valence-corrected chi connectivity index (χ1v) is 5.71. The van der Waals surface area contributed by atoms with Crippen LogP contribution in [0.2, 0.25) is 0 Å². The lowest BCUT2D eigenvalue weighted by Gasteiger charge is -2.27. The molecule has 0 aliphatic carbocycles. The van der Waals surface area contributed by atoms with Crippen LogP contribution in [0.1, 0.15) is 19.8 Å². The van der Waals surface area contributed by atoms with E-state index in [0.29, 0.717) is 11.0 Å². The molecule has 0 spiro atoms. The first-order chi connectivity index (χ1) is 6.59. The van der Waals surface area contributed by atoms with Gasteiger partial charge in [0.25, 0.3) is 0 Å². The molecule has 1 rings (SSSR count). The van der Waals surface area contributed by atoms with E-state index >= 15 is 0 Å². The zero-order valence-electron chi connectivity index (χ0n) is 9.20. The van der Waals surface area contributed by atoms with Crippen LogP contribution in [-0.2, 0) is 0 Å². The maximum Gasteiger partial charge on any atom is 0.0740 e. The molecule has 0 saturated carbocycles. The van der Waals surface area contributed by atoms with Crippen LogP contribution in [0.25, 0.3) is 0 Å². The van der Waals surface area contributed by atoms with Gasteiger partial charge < -0.3 is 10.6 Å². The van der Waals surface area contributed by atoms with E-state index in [1.54, 1.807) is 0 Å². The molecule has 0 aromatic carbocycles. The van der Waals surface area contributed by atoms with Crippen molar-refractivity contribution in [3.8, 4) is 0 Å². The van der Waals surface area contributed by atoms with E-state index in [4.69, 9.17) is 18.0 Å². The fourth-order valence-electron chi connectivity index (χ4n) is 2.01.